The minimum atomic E-state index is -0.545. The Morgan fingerprint density at radius 2 is 1.65 bits per heavy atom. The van der Waals surface area contributed by atoms with Crippen LogP contribution in [0.25, 0.3) is 0 Å². The minimum absolute atomic E-state index is 0.107. The van der Waals surface area contributed by atoms with Crippen LogP contribution in [0.2, 0.25) is 0 Å². The molecule has 3 N–H and O–H groups in total. The summed E-state index contributed by atoms with van der Waals surface area (Å²) in [4.78, 5) is 25.5. The summed E-state index contributed by atoms with van der Waals surface area (Å²) in [6.45, 7) is 11.1. The molecule has 1 rings (SSSR count). The summed E-state index contributed by atoms with van der Waals surface area (Å²) in [5, 5.41) is 9.19. The largest absolute Gasteiger partial charge is 0.343 e. The summed E-state index contributed by atoms with van der Waals surface area (Å²) >= 11 is 0. The van der Waals surface area contributed by atoms with Gasteiger partial charge < -0.3 is 16.0 Å². The van der Waals surface area contributed by atoms with Gasteiger partial charge in [-0.25, -0.2) is 0 Å². The van der Waals surface area contributed by atoms with Gasteiger partial charge in [0.1, 0.15) is 6.04 Å². The summed E-state index contributed by atoms with van der Waals surface area (Å²) in [6.07, 6.45) is 2.71. The zero-order valence-corrected chi connectivity index (χ0v) is 16.8. The van der Waals surface area contributed by atoms with Gasteiger partial charge in [-0.05, 0) is 43.4 Å². The van der Waals surface area contributed by atoms with E-state index in [9.17, 15) is 9.59 Å². The topological polar surface area (TPSA) is 70.2 Å². The van der Waals surface area contributed by atoms with Gasteiger partial charge in [-0.3, -0.25) is 9.59 Å². The zero-order valence-electron chi connectivity index (χ0n) is 16.8. The van der Waals surface area contributed by atoms with Crippen LogP contribution in [0.3, 0.4) is 0 Å². The smallest absolute Gasteiger partial charge is 0.246 e. The Balaban J connectivity index is 2.77. The van der Waals surface area contributed by atoms with E-state index >= 15 is 0 Å². The number of hydrogen-bond donors (Lipinski definition) is 3. The molecule has 0 unspecified atom stereocenters. The highest BCUT2D eigenvalue weighted by Gasteiger charge is 2.27. The summed E-state index contributed by atoms with van der Waals surface area (Å²) in [5.74, 6) is 0.176. The van der Waals surface area contributed by atoms with Crippen molar-refractivity contribution in [2.45, 2.75) is 66.0 Å². The number of amides is 2. The molecule has 0 fully saturated rings. The van der Waals surface area contributed by atoms with Gasteiger partial charge in [0, 0.05) is 5.69 Å². The molecule has 0 saturated carbocycles. The normalized spacial score (nSPS) is 13.5. The Kier molecular flexibility index (Phi) is 9.96. The molecule has 0 heterocycles. The van der Waals surface area contributed by atoms with Gasteiger partial charge in [-0.1, -0.05) is 59.2 Å². The van der Waals surface area contributed by atoms with Gasteiger partial charge in [-0.2, -0.15) is 0 Å². The van der Waals surface area contributed by atoms with E-state index in [0.29, 0.717) is 12.3 Å². The van der Waals surface area contributed by atoms with Crippen LogP contribution in [0.15, 0.2) is 30.3 Å². The van der Waals surface area contributed by atoms with Crippen molar-refractivity contribution in [1.29, 1.82) is 0 Å². The Hall–Kier alpha value is -1.88. The first-order chi connectivity index (χ1) is 12.3. The number of nitrogens with one attached hydrogen (secondary N) is 3. The lowest BCUT2D eigenvalue weighted by Gasteiger charge is -2.26. The lowest BCUT2D eigenvalue weighted by molar-refractivity contribution is -0.129. The number of para-hydroxylation sites is 1. The van der Waals surface area contributed by atoms with Crippen molar-refractivity contribution >= 4 is 17.5 Å². The molecule has 2 atom stereocenters. The number of hydrogen-bond acceptors (Lipinski definition) is 3. The average Bonchev–Trinajstić information content (AvgIpc) is 2.58. The highest BCUT2D eigenvalue weighted by molar-refractivity contribution is 5.97. The highest BCUT2D eigenvalue weighted by Crippen LogP contribution is 2.11. The predicted octanol–water partition coefficient (Wildman–Crippen LogP) is 3.57. The molecule has 2 amide bonds. The molecule has 5 nitrogen and oxygen atoms in total. The molecule has 0 saturated heterocycles. The molecule has 0 spiro atoms. The molecule has 1 aromatic carbocycles. The quantitative estimate of drug-likeness (QED) is 0.528. The lowest BCUT2D eigenvalue weighted by Crippen LogP contribution is -2.53. The summed E-state index contributed by atoms with van der Waals surface area (Å²) < 4.78 is 0. The Morgan fingerprint density at radius 3 is 2.19 bits per heavy atom. The Morgan fingerprint density at radius 1 is 1.00 bits per heavy atom. The van der Waals surface area contributed by atoms with Crippen molar-refractivity contribution in [3.05, 3.63) is 30.3 Å². The molecule has 0 aliphatic carbocycles. The fraction of sp³-hybridized carbons (Fsp3) is 0.619. The number of rotatable bonds is 11. The van der Waals surface area contributed by atoms with E-state index in [2.05, 4.69) is 22.9 Å². The molecule has 0 aliphatic rings. The standard InChI is InChI=1S/C21H35N3O2/c1-6-7-13-22-19(16(4)5)21(26)24-18(14-15(2)3)20(25)23-17-11-9-8-10-12-17/h8-12,15-16,18-19,22H,6-7,13-14H2,1-5H3,(H,23,25)(H,24,26)/t18-,19-/m0/s1. The van der Waals surface area contributed by atoms with Crippen LogP contribution in [-0.2, 0) is 9.59 Å². The summed E-state index contributed by atoms with van der Waals surface area (Å²) in [6, 6.07) is 8.50. The maximum Gasteiger partial charge on any atom is 0.246 e. The van der Waals surface area contributed by atoms with Crippen molar-refractivity contribution < 1.29 is 9.59 Å². The van der Waals surface area contributed by atoms with Gasteiger partial charge in [-0.15, -0.1) is 0 Å². The van der Waals surface area contributed by atoms with E-state index in [-0.39, 0.29) is 23.8 Å². The number of unbranched alkanes of at least 4 members (excludes halogenated alkanes) is 1. The average molecular weight is 362 g/mol. The van der Waals surface area contributed by atoms with E-state index in [0.717, 1.165) is 25.1 Å². The monoisotopic (exact) mass is 361 g/mol. The second-order valence-corrected chi connectivity index (χ2v) is 7.58. The van der Waals surface area contributed by atoms with Crippen LogP contribution >= 0.6 is 0 Å². The van der Waals surface area contributed by atoms with Gasteiger partial charge in [0.05, 0.1) is 6.04 Å². The summed E-state index contributed by atoms with van der Waals surface area (Å²) in [7, 11) is 0. The maximum atomic E-state index is 12.8. The third-order valence-corrected chi connectivity index (χ3v) is 4.23. The molecule has 26 heavy (non-hydrogen) atoms. The van der Waals surface area contributed by atoms with E-state index in [1.54, 1.807) is 0 Å². The molecule has 1 aromatic rings. The lowest BCUT2D eigenvalue weighted by atomic mass is 9.99. The number of carbonyl (C=O) groups excluding carboxylic acids is 2. The first kappa shape index (κ1) is 22.2. The first-order valence-corrected chi connectivity index (χ1v) is 9.74. The van der Waals surface area contributed by atoms with Crippen LogP contribution in [0.5, 0.6) is 0 Å². The van der Waals surface area contributed by atoms with E-state index in [4.69, 9.17) is 0 Å². The molecule has 0 radical (unpaired) electrons. The molecule has 146 valence electrons. The van der Waals surface area contributed by atoms with Crippen molar-refractivity contribution in [3.63, 3.8) is 0 Å². The van der Waals surface area contributed by atoms with Gasteiger partial charge in [0.2, 0.25) is 11.8 Å². The number of carbonyl (C=O) groups is 2. The van der Waals surface area contributed by atoms with E-state index in [1.807, 2.05) is 58.0 Å². The van der Waals surface area contributed by atoms with Gasteiger partial charge in [0.15, 0.2) is 0 Å². The van der Waals surface area contributed by atoms with Crippen LogP contribution < -0.4 is 16.0 Å². The van der Waals surface area contributed by atoms with Crippen LogP contribution in [0, 0.1) is 11.8 Å². The number of benzene rings is 1. The fourth-order valence-electron chi connectivity index (χ4n) is 2.78. The Labute approximate surface area is 158 Å². The van der Waals surface area contributed by atoms with Crippen molar-refractivity contribution in [1.82, 2.24) is 10.6 Å². The van der Waals surface area contributed by atoms with Crippen molar-refractivity contribution in [3.8, 4) is 0 Å². The third-order valence-electron chi connectivity index (χ3n) is 4.23. The molecule has 0 aromatic heterocycles. The second kappa shape index (κ2) is 11.7. The van der Waals surface area contributed by atoms with Crippen LogP contribution in [0.4, 0.5) is 5.69 Å². The predicted molar refractivity (Wildman–Crippen MR) is 108 cm³/mol. The van der Waals surface area contributed by atoms with Gasteiger partial charge in [0.25, 0.3) is 0 Å². The maximum absolute atomic E-state index is 12.8. The minimum Gasteiger partial charge on any atom is -0.343 e. The first-order valence-electron chi connectivity index (χ1n) is 9.74. The summed E-state index contributed by atoms with van der Waals surface area (Å²) in [5.41, 5.74) is 0.738. The fourth-order valence-corrected chi connectivity index (χ4v) is 2.78. The molecular formula is C21H35N3O2. The molecule has 0 bridgehead atoms. The molecule has 0 aliphatic heterocycles. The molecule has 5 heteroatoms. The number of anilines is 1. The van der Waals surface area contributed by atoms with Crippen molar-refractivity contribution in [2.75, 3.05) is 11.9 Å². The van der Waals surface area contributed by atoms with E-state index < -0.39 is 6.04 Å². The van der Waals surface area contributed by atoms with Crippen LogP contribution in [0.1, 0.15) is 53.9 Å². The Bertz CT molecular complexity index is 543. The van der Waals surface area contributed by atoms with E-state index in [1.165, 1.54) is 0 Å². The van der Waals surface area contributed by atoms with Crippen molar-refractivity contribution in [2.24, 2.45) is 11.8 Å². The molecular weight excluding hydrogens is 326 g/mol. The highest BCUT2D eigenvalue weighted by atomic mass is 16.2. The zero-order chi connectivity index (χ0) is 19.5. The third kappa shape index (κ3) is 8.00. The van der Waals surface area contributed by atoms with Gasteiger partial charge >= 0.3 is 0 Å². The second-order valence-electron chi connectivity index (χ2n) is 7.58. The SMILES string of the molecule is CCCCN[C@H](C(=O)N[C@@H](CC(C)C)C(=O)Nc1ccccc1)C(C)C. The van der Waals surface area contributed by atoms with Crippen LogP contribution in [-0.4, -0.2) is 30.4 Å².